The number of fused-ring (bicyclic) bond motifs is 1. The van der Waals surface area contributed by atoms with E-state index in [1.807, 2.05) is 29.8 Å². The van der Waals surface area contributed by atoms with Gasteiger partial charge in [-0.25, -0.2) is 9.97 Å². The molecule has 116 valence electrons. The molecule has 6 heteroatoms. The highest BCUT2D eigenvalue weighted by molar-refractivity contribution is 7.18. The lowest BCUT2D eigenvalue weighted by atomic mass is 10.2. The van der Waals surface area contributed by atoms with Gasteiger partial charge in [0.05, 0.1) is 11.5 Å². The van der Waals surface area contributed by atoms with Crippen LogP contribution in [-0.2, 0) is 0 Å². The molecule has 0 aliphatic rings. The summed E-state index contributed by atoms with van der Waals surface area (Å²) in [5.74, 6) is 0.801. The van der Waals surface area contributed by atoms with Gasteiger partial charge in [-0.15, -0.1) is 0 Å². The molecule has 3 rings (SSSR count). The van der Waals surface area contributed by atoms with Crippen LogP contribution in [0.1, 0.15) is 27.2 Å². The Labute approximate surface area is 134 Å². The number of nitrogens with zero attached hydrogens (tertiary/aromatic N) is 3. The maximum absolute atomic E-state index is 5.71. The minimum atomic E-state index is 0.425. The molecule has 0 amide bonds. The molecular weight excluding hydrogens is 296 g/mol. The standard InChI is InChI=1S/C16H20N4OS/c1-4-11(3)19-16-18-9-14(22-16)12-8-13(21-5-2)15-17-6-7-20(15)10-12/h6-11H,4-5H2,1-3H3,(H,18,19)/t11-/m1/s1. The summed E-state index contributed by atoms with van der Waals surface area (Å²) in [7, 11) is 0. The number of aromatic nitrogens is 3. The predicted octanol–water partition coefficient (Wildman–Crippen LogP) is 4.07. The van der Waals surface area contributed by atoms with Crippen molar-refractivity contribution in [2.24, 2.45) is 0 Å². The third kappa shape index (κ3) is 2.92. The highest BCUT2D eigenvalue weighted by Gasteiger charge is 2.11. The summed E-state index contributed by atoms with van der Waals surface area (Å²) >= 11 is 1.66. The zero-order chi connectivity index (χ0) is 15.5. The summed E-state index contributed by atoms with van der Waals surface area (Å²) in [6.07, 6.45) is 8.75. The molecule has 0 spiro atoms. The Kier molecular flexibility index (Phi) is 4.29. The van der Waals surface area contributed by atoms with Gasteiger partial charge < -0.3 is 14.5 Å². The van der Waals surface area contributed by atoms with Crippen LogP contribution in [0.3, 0.4) is 0 Å². The molecule has 0 aromatic carbocycles. The van der Waals surface area contributed by atoms with Gasteiger partial charge in [-0.1, -0.05) is 18.3 Å². The summed E-state index contributed by atoms with van der Waals surface area (Å²) in [6.45, 7) is 6.92. The van der Waals surface area contributed by atoms with Crippen molar-refractivity contribution in [2.45, 2.75) is 33.2 Å². The van der Waals surface area contributed by atoms with Gasteiger partial charge in [0.25, 0.3) is 0 Å². The van der Waals surface area contributed by atoms with Crippen LogP contribution in [-0.4, -0.2) is 27.0 Å². The maximum Gasteiger partial charge on any atom is 0.183 e. The lowest BCUT2D eigenvalue weighted by Gasteiger charge is -2.09. The van der Waals surface area contributed by atoms with Crippen molar-refractivity contribution in [3.05, 3.63) is 30.9 Å². The van der Waals surface area contributed by atoms with Gasteiger partial charge in [0, 0.05) is 36.4 Å². The first-order valence-electron chi connectivity index (χ1n) is 7.53. The third-order valence-corrected chi connectivity index (χ3v) is 4.50. The van der Waals surface area contributed by atoms with E-state index in [0.29, 0.717) is 12.6 Å². The Morgan fingerprint density at radius 1 is 1.36 bits per heavy atom. The number of imidazole rings is 1. The van der Waals surface area contributed by atoms with Crippen molar-refractivity contribution in [3.8, 4) is 16.2 Å². The lowest BCUT2D eigenvalue weighted by molar-refractivity contribution is 0.342. The number of hydrogen-bond acceptors (Lipinski definition) is 5. The van der Waals surface area contributed by atoms with E-state index in [9.17, 15) is 0 Å². The molecule has 1 atom stereocenters. The molecule has 0 aliphatic carbocycles. The van der Waals surface area contributed by atoms with Crippen LogP contribution in [0.25, 0.3) is 16.1 Å². The summed E-state index contributed by atoms with van der Waals surface area (Å²) in [5.41, 5.74) is 1.93. The zero-order valence-corrected chi connectivity index (χ0v) is 13.9. The van der Waals surface area contributed by atoms with E-state index in [2.05, 4.69) is 35.3 Å². The number of hydrogen-bond donors (Lipinski definition) is 1. The molecule has 3 aromatic rings. The van der Waals surface area contributed by atoms with Gasteiger partial charge in [-0.2, -0.15) is 0 Å². The molecule has 0 aliphatic heterocycles. The molecular formula is C16H20N4OS. The Hall–Kier alpha value is -2.08. The number of ether oxygens (including phenoxy) is 1. The quantitative estimate of drug-likeness (QED) is 0.745. The number of thiazole rings is 1. The number of nitrogens with one attached hydrogen (secondary N) is 1. The minimum Gasteiger partial charge on any atom is -0.490 e. The first kappa shape index (κ1) is 14.8. The molecule has 0 radical (unpaired) electrons. The van der Waals surface area contributed by atoms with Gasteiger partial charge in [-0.3, -0.25) is 0 Å². The average molecular weight is 316 g/mol. The van der Waals surface area contributed by atoms with Crippen molar-refractivity contribution in [1.82, 2.24) is 14.4 Å². The first-order valence-corrected chi connectivity index (χ1v) is 8.35. The molecule has 0 bridgehead atoms. The Morgan fingerprint density at radius 3 is 3.00 bits per heavy atom. The van der Waals surface area contributed by atoms with E-state index < -0.39 is 0 Å². The van der Waals surface area contributed by atoms with Crippen LogP contribution in [0, 0.1) is 0 Å². The fourth-order valence-corrected chi connectivity index (χ4v) is 3.09. The predicted molar refractivity (Wildman–Crippen MR) is 90.8 cm³/mol. The monoisotopic (exact) mass is 316 g/mol. The van der Waals surface area contributed by atoms with E-state index in [0.717, 1.165) is 33.4 Å². The van der Waals surface area contributed by atoms with Gasteiger partial charge in [0.1, 0.15) is 0 Å². The molecule has 3 heterocycles. The van der Waals surface area contributed by atoms with E-state index in [1.54, 1.807) is 17.5 Å². The summed E-state index contributed by atoms with van der Waals surface area (Å²) in [6, 6.07) is 2.46. The SMILES string of the molecule is CCOc1cc(-c2cnc(N[C@H](C)CC)s2)cn2ccnc12. The van der Waals surface area contributed by atoms with E-state index in [-0.39, 0.29) is 0 Å². The second kappa shape index (κ2) is 6.36. The molecule has 5 nitrogen and oxygen atoms in total. The Bertz CT molecular complexity index is 764. The number of pyridine rings is 1. The highest BCUT2D eigenvalue weighted by Crippen LogP contribution is 2.33. The number of rotatable bonds is 6. The number of anilines is 1. The Balaban J connectivity index is 1.95. The molecule has 3 aromatic heterocycles. The molecule has 0 unspecified atom stereocenters. The van der Waals surface area contributed by atoms with Crippen LogP contribution >= 0.6 is 11.3 Å². The second-order valence-electron chi connectivity index (χ2n) is 5.17. The molecule has 0 saturated heterocycles. The van der Waals surface area contributed by atoms with Gasteiger partial charge >= 0.3 is 0 Å². The van der Waals surface area contributed by atoms with Crippen LogP contribution < -0.4 is 10.1 Å². The van der Waals surface area contributed by atoms with Crippen LogP contribution in [0.4, 0.5) is 5.13 Å². The first-order chi connectivity index (χ1) is 10.7. The topological polar surface area (TPSA) is 51.5 Å². The normalized spacial score (nSPS) is 12.5. The largest absolute Gasteiger partial charge is 0.490 e. The zero-order valence-electron chi connectivity index (χ0n) is 13.0. The molecule has 0 fully saturated rings. The third-order valence-electron chi connectivity index (χ3n) is 3.53. The van der Waals surface area contributed by atoms with Crippen molar-refractivity contribution in [3.63, 3.8) is 0 Å². The fourth-order valence-electron chi connectivity index (χ4n) is 2.18. The lowest BCUT2D eigenvalue weighted by Crippen LogP contribution is -2.12. The Morgan fingerprint density at radius 2 is 2.23 bits per heavy atom. The summed E-state index contributed by atoms with van der Waals surface area (Å²) < 4.78 is 7.70. The van der Waals surface area contributed by atoms with E-state index in [1.165, 1.54) is 0 Å². The van der Waals surface area contributed by atoms with Gasteiger partial charge in [-0.05, 0) is 26.3 Å². The minimum absolute atomic E-state index is 0.425. The van der Waals surface area contributed by atoms with Crippen molar-refractivity contribution in [1.29, 1.82) is 0 Å². The van der Waals surface area contributed by atoms with Crippen LogP contribution in [0.2, 0.25) is 0 Å². The van der Waals surface area contributed by atoms with Gasteiger partial charge in [0.15, 0.2) is 16.5 Å². The molecule has 22 heavy (non-hydrogen) atoms. The second-order valence-corrected chi connectivity index (χ2v) is 6.20. The molecule has 1 N–H and O–H groups in total. The van der Waals surface area contributed by atoms with Crippen molar-refractivity contribution < 1.29 is 4.74 Å². The van der Waals surface area contributed by atoms with E-state index in [4.69, 9.17) is 4.74 Å². The van der Waals surface area contributed by atoms with Crippen LogP contribution in [0.5, 0.6) is 5.75 Å². The maximum atomic E-state index is 5.71. The fraction of sp³-hybridized carbons (Fsp3) is 0.375. The highest BCUT2D eigenvalue weighted by atomic mass is 32.1. The summed E-state index contributed by atoms with van der Waals surface area (Å²) in [5, 5.41) is 4.36. The average Bonchev–Trinajstić information content (AvgIpc) is 3.16. The van der Waals surface area contributed by atoms with Crippen molar-refractivity contribution >= 4 is 22.1 Å². The smallest absolute Gasteiger partial charge is 0.183 e. The molecule has 0 saturated carbocycles. The summed E-state index contributed by atoms with van der Waals surface area (Å²) in [4.78, 5) is 9.92. The van der Waals surface area contributed by atoms with Crippen molar-refractivity contribution in [2.75, 3.05) is 11.9 Å². The van der Waals surface area contributed by atoms with Crippen LogP contribution in [0.15, 0.2) is 30.9 Å². The van der Waals surface area contributed by atoms with E-state index >= 15 is 0 Å². The van der Waals surface area contributed by atoms with Gasteiger partial charge in [0.2, 0.25) is 0 Å².